The standard InChI is InChI=1S/C24H24F7N3O2/c1-13-8-18(25)4-5-20(13)21-12-19(32-36)6-7-34(21)22(35)33(3)14(2)15-9-16(23(26,27)28)11-17(10-15)24(29,30)31/h4-5,8-11,14,21,36H,6-7,12H2,1-3H3/b32-19-/t14-,21+/m0/s1. The molecule has 0 saturated carbocycles. The fourth-order valence-corrected chi connectivity index (χ4v) is 4.26. The van der Waals surface area contributed by atoms with Crippen molar-refractivity contribution in [1.82, 2.24) is 9.80 Å². The van der Waals surface area contributed by atoms with Crippen LogP contribution in [0.2, 0.25) is 0 Å². The van der Waals surface area contributed by atoms with E-state index in [1.165, 1.54) is 37.1 Å². The van der Waals surface area contributed by atoms with Gasteiger partial charge in [-0.2, -0.15) is 26.3 Å². The number of amides is 2. The normalized spacial score (nSPS) is 18.9. The molecule has 0 aliphatic carbocycles. The zero-order valence-electron chi connectivity index (χ0n) is 19.6. The molecule has 0 aromatic heterocycles. The van der Waals surface area contributed by atoms with Crippen molar-refractivity contribution < 1.29 is 40.7 Å². The lowest BCUT2D eigenvalue weighted by atomic mass is 9.91. The zero-order valence-corrected chi connectivity index (χ0v) is 19.6. The largest absolute Gasteiger partial charge is 0.416 e. The van der Waals surface area contributed by atoms with Crippen LogP contribution in [0.15, 0.2) is 41.6 Å². The molecule has 2 aromatic rings. The van der Waals surface area contributed by atoms with E-state index in [1.54, 1.807) is 6.92 Å². The summed E-state index contributed by atoms with van der Waals surface area (Å²) in [6.07, 6.45) is -9.70. The Morgan fingerprint density at radius 1 is 1.08 bits per heavy atom. The lowest BCUT2D eigenvalue weighted by molar-refractivity contribution is -0.143. The molecule has 1 fully saturated rings. The average Bonchev–Trinajstić information content (AvgIpc) is 2.81. The van der Waals surface area contributed by atoms with Crippen molar-refractivity contribution in [1.29, 1.82) is 0 Å². The quantitative estimate of drug-likeness (QED) is 0.271. The van der Waals surface area contributed by atoms with E-state index in [2.05, 4.69) is 5.16 Å². The van der Waals surface area contributed by atoms with Crippen LogP contribution < -0.4 is 0 Å². The number of alkyl halides is 6. The highest BCUT2D eigenvalue weighted by atomic mass is 19.4. The van der Waals surface area contributed by atoms with E-state index >= 15 is 0 Å². The minimum atomic E-state index is -5.02. The second-order valence-corrected chi connectivity index (χ2v) is 8.74. The van der Waals surface area contributed by atoms with E-state index in [9.17, 15) is 40.7 Å². The number of nitrogens with zero attached hydrogens (tertiary/aromatic N) is 3. The number of benzene rings is 2. The maximum atomic E-state index is 13.7. The first-order valence-corrected chi connectivity index (χ1v) is 10.9. The highest BCUT2D eigenvalue weighted by Crippen LogP contribution is 2.39. The fourth-order valence-electron chi connectivity index (χ4n) is 4.26. The van der Waals surface area contributed by atoms with Crippen LogP contribution in [0.3, 0.4) is 0 Å². The van der Waals surface area contributed by atoms with Gasteiger partial charge in [-0.15, -0.1) is 0 Å². The molecule has 0 spiro atoms. The fraction of sp³-hybridized carbons (Fsp3) is 0.417. The van der Waals surface area contributed by atoms with Crippen molar-refractivity contribution in [3.63, 3.8) is 0 Å². The van der Waals surface area contributed by atoms with Crippen molar-refractivity contribution in [2.24, 2.45) is 5.16 Å². The minimum Gasteiger partial charge on any atom is -0.411 e. The van der Waals surface area contributed by atoms with E-state index in [0.29, 0.717) is 29.0 Å². The molecule has 12 heteroatoms. The summed E-state index contributed by atoms with van der Waals surface area (Å²) in [7, 11) is 1.28. The van der Waals surface area contributed by atoms with Crippen molar-refractivity contribution in [3.8, 4) is 0 Å². The number of halogens is 7. The molecule has 1 aliphatic rings. The van der Waals surface area contributed by atoms with E-state index in [-0.39, 0.29) is 31.0 Å². The van der Waals surface area contributed by atoms with Crippen LogP contribution >= 0.6 is 0 Å². The van der Waals surface area contributed by atoms with Gasteiger partial charge in [-0.1, -0.05) is 11.2 Å². The lowest BCUT2D eigenvalue weighted by Gasteiger charge is -2.40. The minimum absolute atomic E-state index is 0.0335. The van der Waals surface area contributed by atoms with Gasteiger partial charge >= 0.3 is 18.4 Å². The molecule has 0 bridgehead atoms. The third kappa shape index (κ3) is 5.73. The number of aryl methyl sites for hydroxylation is 1. The number of urea groups is 1. The second-order valence-electron chi connectivity index (χ2n) is 8.74. The van der Waals surface area contributed by atoms with Crippen LogP contribution in [0.5, 0.6) is 0 Å². The van der Waals surface area contributed by atoms with Crippen molar-refractivity contribution in [2.45, 2.75) is 51.1 Å². The predicted molar refractivity (Wildman–Crippen MR) is 117 cm³/mol. The van der Waals surface area contributed by atoms with Crippen LogP contribution in [0.1, 0.15) is 59.7 Å². The Balaban J connectivity index is 1.98. The van der Waals surface area contributed by atoms with Gasteiger partial charge in [0.05, 0.1) is 28.9 Å². The van der Waals surface area contributed by atoms with Gasteiger partial charge in [-0.05, 0) is 60.9 Å². The summed E-state index contributed by atoms with van der Waals surface area (Å²) in [6.45, 7) is 3.04. The molecule has 2 amide bonds. The molecule has 1 heterocycles. The smallest absolute Gasteiger partial charge is 0.411 e. The summed E-state index contributed by atoms with van der Waals surface area (Å²) >= 11 is 0. The number of likely N-dealkylation sites (tertiary alicyclic amines) is 1. The van der Waals surface area contributed by atoms with Crippen LogP contribution in [0, 0.1) is 12.7 Å². The monoisotopic (exact) mass is 519 g/mol. The molecular weight excluding hydrogens is 495 g/mol. The first-order chi connectivity index (χ1) is 16.6. The van der Waals surface area contributed by atoms with Gasteiger partial charge in [0, 0.05) is 26.4 Å². The number of piperidine rings is 1. The molecule has 0 radical (unpaired) electrons. The SMILES string of the molecule is Cc1cc(F)ccc1[C@H]1C/C(=N\O)CCN1C(=O)N(C)[C@@H](C)c1cc(C(F)(F)F)cc(C(F)(F)F)c1. The van der Waals surface area contributed by atoms with Gasteiger partial charge < -0.3 is 15.0 Å². The van der Waals surface area contributed by atoms with E-state index in [1.807, 2.05) is 0 Å². The van der Waals surface area contributed by atoms with Crippen LogP contribution in [-0.4, -0.2) is 40.3 Å². The molecule has 0 unspecified atom stereocenters. The van der Waals surface area contributed by atoms with Crippen molar-refractivity contribution in [3.05, 3.63) is 70.0 Å². The van der Waals surface area contributed by atoms with E-state index in [0.717, 1.165) is 4.90 Å². The van der Waals surface area contributed by atoms with Gasteiger partial charge in [-0.25, -0.2) is 9.18 Å². The number of carbonyl (C=O) groups excluding carboxylic acids is 1. The number of rotatable bonds is 3. The van der Waals surface area contributed by atoms with Crippen LogP contribution in [0.25, 0.3) is 0 Å². The molecule has 5 nitrogen and oxygen atoms in total. The Kier molecular flexibility index (Phi) is 7.56. The highest BCUT2D eigenvalue weighted by Gasteiger charge is 2.39. The first-order valence-electron chi connectivity index (χ1n) is 10.9. The third-order valence-corrected chi connectivity index (χ3v) is 6.40. The van der Waals surface area contributed by atoms with Crippen molar-refractivity contribution >= 4 is 11.7 Å². The topological polar surface area (TPSA) is 56.1 Å². The summed E-state index contributed by atoms with van der Waals surface area (Å²) < 4.78 is 93.5. The molecule has 2 atom stereocenters. The lowest BCUT2D eigenvalue weighted by Crippen LogP contribution is -2.48. The Morgan fingerprint density at radius 2 is 1.67 bits per heavy atom. The molecule has 3 rings (SSSR count). The Labute approximate surface area is 202 Å². The van der Waals surface area contributed by atoms with Crippen LogP contribution in [-0.2, 0) is 12.4 Å². The van der Waals surface area contributed by atoms with E-state index < -0.39 is 47.4 Å². The summed E-state index contributed by atoms with van der Waals surface area (Å²) in [5, 5.41) is 12.5. The molecule has 36 heavy (non-hydrogen) atoms. The van der Waals surface area contributed by atoms with Crippen LogP contribution in [0.4, 0.5) is 35.5 Å². The summed E-state index contributed by atoms with van der Waals surface area (Å²) in [4.78, 5) is 15.9. The molecule has 2 aromatic carbocycles. The average molecular weight is 519 g/mol. The second kappa shape index (κ2) is 9.98. The summed E-state index contributed by atoms with van der Waals surface area (Å²) in [6, 6.07) is 2.71. The maximum absolute atomic E-state index is 13.7. The Hall–Kier alpha value is -3.31. The molecular formula is C24H24F7N3O2. The third-order valence-electron chi connectivity index (χ3n) is 6.40. The highest BCUT2D eigenvalue weighted by molar-refractivity contribution is 5.88. The molecule has 1 saturated heterocycles. The molecule has 196 valence electrons. The number of hydrogen-bond donors (Lipinski definition) is 1. The molecule has 1 aliphatic heterocycles. The van der Waals surface area contributed by atoms with Gasteiger partial charge in [-0.3, -0.25) is 0 Å². The first kappa shape index (κ1) is 27.3. The Bertz CT molecular complexity index is 1130. The van der Waals surface area contributed by atoms with Gasteiger partial charge in [0.2, 0.25) is 0 Å². The predicted octanol–water partition coefficient (Wildman–Crippen LogP) is 6.95. The van der Waals surface area contributed by atoms with Crippen molar-refractivity contribution in [2.75, 3.05) is 13.6 Å². The molecule has 1 N–H and O–H groups in total. The Morgan fingerprint density at radius 3 is 2.17 bits per heavy atom. The van der Waals surface area contributed by atoms with E-state index in [4.69, 9.17) is 0 Å². The summed E-state index contributed by atoms with van der Waals surface area (Å²) in [5.41, 5.74) is -1.78. The number of oxime groups is 1. The van der Waals surface area contributed by atoms with Gasteiger partial charge in [0.15, 0.2) is 0 Å². The summed E-state index contributed by atoms with van der Waals surface area (Å²) in [5.74, 6) is -0.489. The van der Waals surface area contributed by atoms with Gasteiger partial charge in [0.25, 0.3) is 0 Å². The maximum Gasteiger partial charge on any atom is 0.416 e. The van der Waals surface area contributed by atoms with Gasteiger partial charge in [0.1, 0.15) is 5.82 Å². The zero-order chi connectivity index (χ0) is 27.0. The number of hydrogen-bond acceptors (Lipinski definition) is 3. The number of carbonyl (C=O) groups is 1.